The number of hydrogen-bond acceptors (Lipinski definition) is 0. The molecule has 2 rings (SSSR count). The fourth-order valence-electron chi connectivity index (χ4n) is 1.68. The van der Waals surface area contributed by atoms with Crippen LogP contribution in [0.25, 0.3) is 0 Å². The molecule has 1 aliphatic rings. The Balaban J connectivity index is 2.37. The summed E-state index contributed by atoms with van der Waals surface area (Å²) < 4.78 is 12.8. The van der Waals surface area contributed by atoms with Crippen molar-refractivity contribution in [1.82, 2.24) is 0 Å². The summed E-state index contributed by atoms with van der Waals surface area (Å²) in [5.41, 5.74) is 2.48. The van der Waals surface area contributed by atoms with E-state index in [0.29, 0.717) is 4.83 Å². The van der Waals surface area contributed by atoms with Crippen LogP contribution in [0.1, 0.15) is 17.5 Å². The summed E-state index contributed by atoms with van der Waals surface area (Å²) >= 11 is 3.58. The van der Waals surface area contributed by atoms with Crippen molar-refractivity contribution < 1.29 is 4.39 Å². The van der Waals surface area contributed by atoms with Gasteiger partial charge in [0.2, 0.25) is 0 Å². The van der Waals surface area contributed by atoms with Crippen LogP contribution in [0.4, 0.5) is 4.39 Å². The molecule has 0 fully saturated rings. The van der Waals surface area contributed by atoms with Gasteiger partial charge in [-0.2, -0.15) is 0 Å². The number of fused-ring (bicyclic) bond motifs is 1. The Morgan fingerprint density at radius 1 is 1.33 bits per heavy atom. The average Bonchev–Trinajstić information content (AvgIpc) is 2.05. The predicted octanol–water partition coefficient (Wildman–Crippen LogP) is 3.08. The highest BCUT2D eigenvalue weighted by Crippen LogP contribution is 2.25. The number of benzene rings is 1. The Morgan fingerprint density at radius 2 is 2.17 bits per heavy atom. The molecular formula is C10H10BrF. The molecule has 1 aliphatic carbocycles. The first-order valence-electron chi connectivity index (χ1n) is 4.17. The Bertz CT molecular complexity index is 296. The van der Waals surface area contributed by atoms with E-state index < -0.39 is 0 Å². The highest BCUT2D eigenvalue weighted by Gasteiger charge is 2.15. The van der Waals surface area contributed by atoms with Gasteiger partial charge in [-0.05, 0) is 42.5 Å². The Hall–Kier alpha value is -0.370. The third-order valence-electron chi connectivity index (χ3n) is 2.34. The molecule has 0 aromatic heterocycles. The number of aryl methyl sites for hydroxylation is 1. The van der Waals surface area contributed by atoms with Crippen LogP contribution < -0.4 is 0 Å². The highest BCUT2D eigenvalue weighted by atomic mass is 79.9. The van der Waals surface area contributed by atoms with Crippen molar-refractivity contribution >= 4 is 15.9 Å². The maximum atomic E-state index is 12.8. The summed E-state index contributed by atoms with van der Waals surface area (Å²) in [6.07, 6.45) is 3.16. The Morgan fingerprint density at radius 3 is 3.00 bits per heavy atom. The second kappa shape index (κ2) is 3.17. The largest absolute Gasteiger partial charge is 0.207 e. The topological polar surface area (TPSA) is 0 Å². The quantitative estimate of drug-likeness (QED) is 0.599. The fraction of sp³-hybridized carbons (Fsp3) is 0.400. The van der Waals surface area contributed by atoms with Gasteiger partial charge in [0.15, 0.2) is 0 Å². The molecule has 0 unspecified atom stereocenters. The van der Waals surface area contributed by atoms with Gasteiger partial charge in [0.25, 0.3) is 0 Å². The van der Waals surface area contributed by atoms with Crippen molar-refractivity contribution in [1.29, 1.82) is 0 Å². The van der Waals surface area contributed by atoms with E-state index in [2.05, 4.69) is 15.9 Å². The standard InChI is InChI=1S/C10H10BrF/c11-9-3-1-8-6-10(12)4-2-7(8)5-9/h2,4,6,9H,1,3,5H2/t9-/m0/s1. The van der Waals surface area contributed by atoms with E-state index in [0.717, 1.165) is 19.3 Å². The summed E-state index contributed by atoms with van der Waals surface area (Å²) in [5, 5.41) is 0. The first kappa shape index (κ1) is 8.24. The highest BCUT2D eigenvalue weighted by molar-refractivity contribution is 9.09. The second-order valence-electron chi connectivity index (χ2n) is 3.25. The molecule has 0 saturated carbocycles. The van der Waals surface area contributed by atoms with Crippen molar-refractivity contribution in [3.8, 4) is 0 Å². The summed E-state index contributed by atoms with van der Waals surface area (Å²) in [7, 11) is 0. The smallest absolute Gasteiger partial charge is 0.123 e. The molecule has 0 bridgehead atoms. The maximum Gasteiger partial charge on any atom is 0.123 e. The van der Waals surface area contributed by atoms with E-state index in [1.54, 1.807) is 12.1 Å². The summed E-state index contributed by atoms with van der Waals surface area (Å²) in [5.74, 6) is -0.109. The molecule has 0 radical (unpaired) electrons. The molecule has 0 amide bonds. The lowest BCUT2D eigenvalue weighted by Crippen LogP contribution is -2.13. The minimum absolute atomic E-state index is 0.109. The molecule has 0 nitrogen and oxygen atoms in total. The normalized spacial score (nSPS) is 22.0. The van der Waals surface area contributed by atoms with Gasteiger partial charge < -0.3 is 0 Å². The fourth-order valence-corrected chi connectivity index (χ4v) is 2.26. The maximum absolute atomic E-state index is 12.8. The lowest BCUT2D eigenvalue weighted by Gasteiger charge is -2.19. The lowest BCUT2D eigenvalue weighted by atomic mass is 9.92. The van der Waals surface area contributed by atoms with Crippen LogP contribution in [0.3, 0.4) is 0 Å². The molecule has 1 atom stereocenters. The zero-order valence-electron chi connectivity index (χ0n) is 6.69. The molecule has 2 heteroatoms. The number of halogens is 2. The Labute approximate surface area is 79.9 Å². The summed E-state index contributed by atoms with van der Waals surface area (Å²) in [6, 6.07) is 5.11. The van der Waals surface area contributed by atoms with Crippen molar-refractivity contribution in [2.75, 3.05) is 0 Å². The second-order valence-corrected chi connectivity index (χ2v) is 4.55. The monoisotopic (exact) mass is 228 g/mol. The first-order chi connectivity index (χ1) is 5.75. The van der Waals surface area contributed by atoms with Gasteiger partial charge in [-0.25, -0.2) is 4.39 Å². The SMILES string of the molecule is Fc1ccc2c(c1)CC[C@H](Br)C2. The number of hydrogen-bond donors (Lipinski definition) is 0. The van der Waals surface area contributed by atoms with E-state index in [-0.39, 0.29) is 5.82 Å². The van der Waals surface area contributed by atoms with E-state index in [9.17, 15) is 4.39 Å². The Kier molecular flexibility index (Phi) is 2.18. The minimum atomic E-state index is -0.109. The number of alkyl halides is 1. The molecule has 12 heavy (non-hydrogen) atoms. The van der Waals surface area contributed by atoms with Crippen LogP contribution >= 0.6 is 15.9 Å². The average molecular weight is 229 g/mol. The molecule has 1 aromatic rings. The van der Waals surface area contributed by atoms with Gasteiger partial charge in [-0.1, -0.05) is 22.0 Å². The van der Waals surface area contributed by atoms with Gasteiger partial charge in [0, 0.05) is 4.83 Å². The summed E-state index contributed by atoms with van der Waals surface area (Å²) in [6.45, 7) is 0. The zero-order chi connectivity index (χ0) is 8.55. The van der Waals surface area contributed by atoms with Crippen LogP contribution in [-0.4, -0.2) is 4.83 Å². The van der Waals surface area contributed by atoms with Crippen LogP contribution in [0, 0.1) is 5.82 Å². The van der Waals surface area contributed by atoms with E-state index in [1.165, 1.54) is 11.1 Å². The molecule has 1 aromatic carbocycles. The molecule has 64 valence electrons. The molecule has 0 spiro atoms. The van der Waals surface area contributed by atoms with Crippen molar-refractivity contribution in [3.05, 3.63) is 35.1 Å². The molecule has 0 heterocycles. The van der Waals surface area contributed by atoms with Crippen LogP contribution in [0.15, 0.2) is 18.2 Å². The van der Waals surface area contributed by atoms with Crippen molar-refractivity contribution in [3.63, 3.8) is 0 Å². The third kappa shape index (κ3) is 1.53. The van der Waals surface area contributed by atoms with Crippen LogP contribution in [-0.2, 0) is 12.8 Å². The minimum Gasteiger partial charge on any atom is -0.207 e. The van der Waals surface area contributed by atoms with Gasteiger partial charge >= 0.3 is 0 Å². The lowest BCUT2D eigenvalue weighted by molar-refractivity contribution is 0.617. The first-order valence-corrected chi connectivity index (χ1v) is 5.08. The van der Waals surface area contributed by atoms with Crippen LogP contribution in [0.5, 0.6) is 0 Å². The molecule has 0 saturated heterocycles. The van der Waals surface area contributed by atoms with Gasteiger partial charge in [-0.15, -0.1) is 0 Å². The van der Waals surface area contributed by atoms with Crippen LogP contribution in [0.2, 0.25) is 0 Å². The summed E-state index contributed by atoms with van der Waals surface area (Å²) in [4.78, 5) is 0.579. The van der Waals surface area contributed by atoms with E-state index >= 15 is 0 Å². The molecular weight excluding hydrogens is 219 g/mol. The zero-order valence-corrected chi connectivity index (χ0v) is 8.27. The van der Waals surface area contributed by atoms with E-state index in [4.69, 9.17) is 0 Å². The van der Waals surface area contributed by atoms with Gasteiger partial charge in [0.05, 0.1) is 0 Å². The number of rotatable bonds is 0. The third-order valence-corrected chi connectivity index (χ3v) is 3.12. The van der Waals surface area contributed by atoms with Gasteiger partial charge in [-0.3, -0.25) is 0 Å². The van der Waals surface area contributed by atoms with E-state index in [1.807, 2.05) is 6.07 Å². The predicted molar refractivity (Wildman–Crippen MR) is 51.1 cm³/mol. The molecule has 0 aliphatic heterocycles. The van der Waals surface area contributed by atoms with Crippen molar-refractivity contribution in [2.45, 2.75) is 24.1 Å². The molecule has 0 N–H and O–H groups in total. The van der Waals surface area contributed by atoms with Crippen molar-refractivity contribution in [2.24, 2.45) is 0 Å². The van der Waals surface area contributed by atoms with Gasteiger partial charge in [0.1, 0.15) is 5.82 Å².